The number of aromatic amines is 1. The van der Waals surface area contributed by atoms with Crippen LogP contribution in [0.15, 0.2) is 28.9 Å². The zero-order valence-electron chi connectivity index (χ0n) is 11.0. The SMILES string of the molecule is CC(C)CNCc1ncc(-c2ccc(F)cc2Br)[nH]1. The van der Waals surface area contributed by atoms with Crippen molar-refractivity contribution in [3.05, 3.63) is 40.5 Å². The first-order valence-electron chi connectivity index (χ1n) is 6.26. The maximum atomic E-state index is 13.0. The normalized spacial score (nSPS) is 11.2. The second kappa shape index (κ2) is 6.30. The maximum Gasteiger partial charge on any atom is 0.124 e. The van der Waals surface area contributed by atoms with Gasteiger partial charge < -0.3 is 10.3 Å². The Labute approximate surface area is 120 Å². The molecule has 0 saturated carbocycles. The van der Waals surface area contributed by atoms with Crippen LogP contribution in [0.1, 0.15) is 19.7 Å². The summed E-state index contributed by atoms with van der Waals surface area (Å²) in [5.74, 6) is 1.24. The van der Waals surface area contributed by atoms with Gasteiger partial charge in [0.25, 0.3) is 0 Å². The molecule has 2 aromatic rings. The number of rotatable bonds is 5. The van der Waals surface area contributed by atoms with Gasteiger partial charge in [0, 0.05) is 10.0 Å². The number of H-pyrrole nitrogens is 1. The molecule has 1 aromatic carbocycles. The van der Waals surface area contributed by atoms with E-state index in [1.807, 2.05) is 0 Å². The van der Waals surface area contributed by atoms with Crippen molar-refractivity contribution in [2.24, 2.45) is 5.92 Å². The minimum atomic E-state index is -0.256. The van der Waals surface area contributed by atoms with Crippen LogP contribution in [0.4, 0.5) is 4.39 Å². The molecule has 1 heterocycles. The van der Waals surface area contributed by atoms with E-state index < -0.39 is 0 Å². The van der Waals surface area contributed by atoms with Gasteiger partial charge in [0.05, 0.1) is 18.4 Å². The highest BCUT2D eigenvalue weighted by molar-refractivity contribution is 9.10. The molecule has 0 unspecified atom stereocenters. The van der Waals surface area contributed by atoms with Crippen LogP contribution in [0.25, 0.3) is 11.3 Å². The minimum absolute atomic E-state index is 0.256. The van der Waals surface area contributed by atoms with Crippen molar-refractivity contribution in [1.82, 2.24) is 15.3 Å². The van der Waals surface area contributed by atoms with Crippen LogP contribution in [0.2, 0.25) is 0 Å². The Bertz CT molecular complexity index is 551. The summed E-state index contributed by atoms with van der Waals surface area (Å²) in [7, 11) is 0. The molecule has 2 rings (SSSR count). The Kier molecular flexibility index (Phi) is 4.71. The molecule has 0 radical (unpaired) electrons. The third kappa shape index (κ3) is 3.88. The van der Waals surface area contributed by atoms with Crippen LogP contribution < -0.4 is 5.32 Å². The van der Waals surface area contributed by atoms with Gasteiger partial charge in [-0.1, -0.05) is 13.8 Å². The Balaban J connectivity index is 2.08. The summed E-state index contributed by atoms with van der Waals surface area (Å²) >= 11 is 3.36. The number of halogens is 2. The number of hydrogen-bond acceptors (Lipinski definition) is 2. The molecule has 19 heavy (non-hydrogen) atoms. The lowest BCUT2D eigenvalue weighted by Gasteiger charge is -2.05. The van der Waals surface area contributed by atoms with Crippen LogP contribution >= 0.6 is 15.9 Å². The number of imidazole rings is 1. The molecule has 0 fully saturated rings. The zero-order chi connectivity index (χ0) is 13.8. The van der Waals surface area contributed by atoms with Crippen LogP contribution in [-0.4, -0.2) is 16.5 Å². The molecule has 2 N–H and O–H groups in total. The van der Waals surface area contributed by atoms with E-state index >= 15 is 0 Å². The predicted molar refractivity (Wildman–Crippen MR) is 78.2 cm³/mol. The Morgan fingerprint density at radius 2 is 2.21 bits per heavy atom. The Hall–Kier alpha value is -1.20. The molecule has 0 amide bonds. The topological polar surface area (TPSA) is 40.7 Å². The summed E-state index contributed by atoms with van der Waals surface area (Å²) in [6.07, 6.45) is 1.77. The lowest BCUT2D eigenvalue weighted by molar-refractivity contribution is 0.545. The van der Waals surface area contributed by atoms with Gasteiger partial charge >= 0.3 is 0 Å². The first-order chi connectivity index (χ1) is 9.06. The zero-order valence-corrected chi connectivity index (χ0v) is 12.6. The molecular weight excluding hydrogens is 309 g/mol. The lowest BCUT2D eigenvalue weighted by atomic mass is 10.2. The average molecular weight is 326 g/mol. The standard InChI is InChI=1S/C14H17BrFN3/c1-9(2)6-17-8-14-18-7-13(19-14)11-4-3-10(16)5-12(11)15/h3-5,7,9,17H,6,8H2,1-2H3,(H,18,19). The summed E-state index contributed by atoms with van der Waals surface area (Å²) in [5, 5.41) is 3.32. The monoisotopic (exact) mass is 325 g/mol. The van der Waals surface area contributed by atoms with Gasteiger partial charge in [-0.05, 0) is 46.6 Å². The number of hydrogen-bond donors (Lipinski definition) is 2. The molecule has 3 nitrogen and oxygen atoms in total. The molecule has 0 aliphatic rings. The first kappa shape index (κ1) is 14.2. The molecule has 102 valence electrons. The van der Waals surface area contributed by atoms with Crippen molar-refractivity contribution >= 4 is 15.9 Å². The molecule has 0 bridgehead atoms. The highest BCUT2D eigenvalue weighted by atomic mass is 79.9. The van der Waals surface area contributed by atoms with E-state index in [1.54, 1.807) is 12.3 Å². The molecule has 0 aliphatic carbocycles. The van der Waals surface area contributed by atoms with Crippen LogP contribution in [0.5, 0.6) is 0 Å². The second-order valence-corrected chi connectivity index (χ2v) is 5.75. The highest BCUT2D eigenvalue weighted by Crippen LogP contribution is 2.27. The molecule has 0 spiro atoms. The van der Waals surface area contributed by atoms with Crippen molar-refractivity contribution in [1.29, 1.82) is 0 Å². The van der Waals surface area contributed by atoms with Gasteiger partial charge in [-0.15, -0.1) is 0 Å². The van der Waals surface area contributed by atoms with E-state index in [2.05, 4.69) is 45.1 Å². The van der Waals surface area contributed by atoms with Gasteiger partial charge in [-0.25, -0.2) is 9.37 Å². The highest BCUT2D eigenvalue weighted by Gasteiger charge is 2.07. The lowest BCUT2D eigenvalue weighted by Crippen LogP contribution is -2.19. The largest absolute Gasteiger partial charge is 0.341 e. The van der Waals surface area contributed by atoms with Gasteiger partial charge in [-0.2, -0.15) is 0 Å². The van der Waals surface area contributed by atoms with Gasteiger partial charge in [0.2, 0.25) is 0 Å². The number of nitrogens with zero attached hydrogens (tertiary/aromatic N) is 1. The Morgan fingerprint density at radius 3 is 2.89 bits per heavy atom. The van der Waals surface area contributed by atoms with Crippen molar-refractivity contribution in [3.63, 3.8) is 0 Å². The molecule has 0 aliphatic heterocycles. The van der Waals surface area contributed by atoms with Gasteiger partial charge in [0.15, 0.2) is 0 Å². The number of nitrogens with one attached hydrogen (secondary N) is 2. The summed E-state index contributed by atoms with van der Waals surface area (Å²) in [6, 6.07) is 4.63. The molecule has 0 atom stereocenters. The molecular formula is C14H17BrFN3. The fourth-order valence-electron chi connectivity index (χ4n) is 1.78. The van der Waals surface area contributed by atoms with Gasteiger partial charge in [0.1, 0.15) is 11.6 Å². The molecule has 1 aromatic heterocycles. The second-order valence-electron chi connectivity index (χ2n) is 4.89. The smallest absolute Gasteiger partial charge is 0.124 e. The number of aromatic nitrogens is 2. The summed E-state index contributed by atoms with van der Waals surface area (Å²) in [6.45, 7) is 5.99. The predicted octanol–water partition coefficient (Wildman–Crippen LogP) is 3.72. The van der Waals surface area contributed by atoms with E-state index in [-0.39, 0.29) is 5.82 Å². The minimum Gasteiger partial charge on any atom is -0.341 e. The third-order valence-electron chi connectivity index (χ3n) is 2.69. The van der Waals surface area contributed by atoms with Crippen molar-refractivity contribution < 1.29 is 4.39 Å². The van der Waals surface area contributed by atoms with E-state index in [1.165, 1.54) is 12.1 Å². The first-order valence-corrected chi connectivity index (χ1v) is 7.05. The van der Waals surface area contributed by atoms with E-state index in [9.17, 15) is 4.39 Å². The summed E-state index contributed by atoms with van der Waals surface area (Å²) in [5.41, 5.74) is 1.79. The third-order valence-corrected chi connectivity index (χ3v) is 3.35. The molecule has 5 heteroatoms. The van der Waals surface area contributed by atoms with Crippen molar-refractivity contribution in [3.8, 4) is 11.3 Å². The van der Waals surface area contributed by atoms with E-state index in [0.717, 1.165) is 28.1 Å². The summed E-state index contributed by atoms with van der Waals surface area (Å²) in [4.78, 5) is 7.56. The van der Waals surface area contributed by atoms with Crippen LogP contribution in [0.3, 0.4) is 0 Å². The fourth-order valence-corrected chi connectivity index (χ4v) is 2.34. The fraction of sp³-hybridized carbons (Fsp3) is 0.357. The van der Waals surface area contributed by atoms with Gasteiger partial charge in [-0.3, -0.25) is 0 Å². The average Bonchev–Trinajstić information content (AvgIpc) is 2.77. The van der Waals surface area contributed by atoms with E-state index in [0.29, 0.717) is 12.5 Å². The van der Waals surface area contributed by atoms with Crippen molar-refractivity contribution in [2.45, 2.75) is 20.4 Å². The molecule has 0 saturated heterocycles. The van der Waals surface area contributed by atoms with Crippen molar-refractivity contribution in [2.75, 3.05) is 6.54 Å². The quantitative estimate of drug-likeness (QED) is 0.879. The Morgan fingerprint density at radius 1 is 1.42 bits per heavy atom. The van der Waals surface area contributed by atoms with Crippen LogP contribution in [0, 0.1) is 11.7 Å². The maximum absolute atomic E-state index is 13.0. The summed E-state index contributed by atoms with van der Waals surface area (Å²) < 4.78 is 13.8. The number of benzene rings is 1. The van der Waals surface area contributed by atoms with E-state index in [4.69, 9.17) is 0 Å². The van der Waals surface area contributed by atoms with Crippen LogP contribution in [-0.2, 0) is 6.54 Å².